The van der Waals surface area contributed by atoms with Crippen LogP contribution in [0.4, 0.5) is 0 Å². The summed E-state index contributed by atoms with van der Waals surface area (Å²) in [7, 11) is 1.60. The number of nitrogens with one attached hydrogen (secondary N) is 1. The van der Waals surface area contributed by atoms with E-state index in [4.69, 9.17) is 9.47 Å². The van der Waals surface area contributed by atoms with Crippen LogP contribution in [0, 0.1) is 0 Å². The molecule has 0 aliphatic heterocycles. The summed E-state index contributed by atoms with van der Waals surface area (Å²) in [5.74, 6) is 1.19. The van der Waals surface area contributed by atoms with E-state index in [9.17, 15) is 4.79 Å². The largest absolute Gasteiger partial charge is 0.493 e. The number of rotatable bonds is 8. The van der Waals surface area contributed by atoms with Crippen molar-refractivity contribution in [3.05, 3.63) is 48.6 Å². The zero-order chi connectivity index (χ0) is 17.4. The maximum Gasteiger partial charge on any atom is 0.244 e. The quantitative estimate of drug-likeness (QED) is 0.756. The molecule has 1 aromatic heterocycles. The van der Waals surface area contributed by atoms with Crippen LogP contribution in [0.3, 0.4) is 0 Å². The van der Waals surface area contributed by atoms with E-state index in [0.29, 0.717) is 24.6 Å². The lowest BCUT2D eigenvalue weighted by Crippen LogP contribution is -2.25. The third-order valence-corrected chi connectivity index (χ3v) is 3.21. The zero-order valence-electron chi connectivity index (χ0n) is 14.2. The summed E-state index contributed by atoms with van der Waals surface area (Å²) in [4.78, 5) is 15.8. The lowest BCUT2D eigenvalue weighted by molar-refractivity contribution is -0.116. The number of benzene rings is 1. The van der Waals surface area contributed by atoms with Crippen molar-refractivity contribution >= 4 is 12.0 Å². The highest BCUT2D eigenvalue weighted by atomic mass is 16.5. The molecule has 128 valence electrons. The monoisotopic (exact) mass is 329 g/mol. The first-order chi connectivity index (χ1) is 11.6. The number of carbonyl (C=O) groups is 1. The molecule has 1 heterocycles. The predicted molar refractivity (Wildman–Crippen MR) is 93.0 cm³/mol. The highest BCUT2D eigenvalue weighted by molar-refractivity contribution is 5.91. The highest BCUT2D eigenvalue weighted by Crippen LogP contribution is 2.29. The molecule has 0 saturated carbocycles. The van der Waals surface area contributed by atoms with E-state index in [2.05, 4.69) is 10.3 Å². The van der Waals surface area contributed by atoms with E-state index in [1.807, 2.05) is 42.8 Å². The summed E-state index contributed by atoms with van der Waals surface area (Å²) in [5, 5.41) is 2.83. The Labute approximate surface area is 142 Å². The van der Waals surface area contributed by atoms with Gasteiger partial charge in [-0.2, -0.15) is 0 Å². The Bertz CT molecular complexity index is 679. The molecule has 24 heavy (non-hydrogen) atoms. The van der Waals surface area contributed by atoms with Gasteiger partial charge in [0.05, 0.1) is 19.5 Å². The smallest absolute Gasteiger partial charge is 0.244 e. The summed E-state index contributed by atoms with van der Waals surface area (Å²) >= 11 is 0. The topological polar surface area (TPSA) is 65.4 Å². The van der Waals surface area contributed by atoms with Gasteiger partial charge in [-0.3, -0.25) is 4.79 Å². The van der Waals surface area contributed by atoms with Gasteiger partial charge < -0.3 is 19.4 Å². The van der Waals surface area contributed by atoms with Gasteiger partial charge in [0.1, 0.15) is 0 Å². The van der Waals surface area contributed by atoms with Gasteiger partial charge in [0.2, 0.25) is 5.91 Å². The van der Waals surface area contributed by atoms with Crippen LogP contribution in [0.1, 0.15) is 19.4 Å². The molecule has 0 saturated heterocycles. The third kappa shape index (κ3) is 5.46. The van der Waals surface area contributed by atoms with Crippen LogP contribution in [-0.4, -0.2) is 35.2 Å². The molecule has 0 atom stereocenters. The number of hydrogen-bond donors (Lipinski definition) is 1. The SMILES string of the molecule is COc1cc(/C=C/C(=O)NCCn2ccnc2)ccc1OC(C)C. The van der Waals surface area contributed by atoms with Gasteiger partial charge in [0.15, 0.2) is 11.5 Å². The molecule has 0 fully saturated rings. The van der Waals surface area contributed by atoms with E-state index in [0.717, 1.165) is 5.56 Å². The van der Waals surface area contributed by atoms with Crippen LogP contribution < -0.4 is 14.8 Å². The van der Waals surface area contributed by atoms with Gasteiger partial charge in [-0.25, -0.2) is 4.98 Å². The van der Waals surface area contributed by atoms with Crippen LogP contribution in [0.15, 0.2) is 43.0 Å². The minimum Gasteiger partial charge on any atom is -0.493 e. The van der Waals surface area contributed by atoms with E-state index >= 15 is 0 Å². The van der Waals surface area contributed by atoms with Crippen molar-refractivity contribution in [1.29, 1.82) is 0 Å². The summed E-state index contributed by atoms with van der Waals surface area (Å²) in [6.45, 7) is 5.15. The molecule has 6 nitrogen and oxygen atoms in total. The average Bonchev–Trinajstić information content (AvgIpc) is 3.06. The third-order valence-electron chi connectivity index (χ3n) is 3.21. The zero-order valence-corrected chi connectivity index (χ0v) is 14.2. The van der Waals surface area contributed by atoms with Crippen molar-refractivity contribution in [2.75, 3.05) is 13.7 Å². The molecule has 0 aliphatic rings. The fourth-order valence-electron chi connectivity index (χ4n) is 2.10. The first kappa shape index (κ1) is 17.6. The van der Waals surface area contributed by atoms with Crippen LogP contribution in [-0.2, 0) is 11.3 Å². The lowest BCUT2D eigenvalue weighted by Gasteiger charge is -2.13. The Kier molecular flexibility index (Phi) is 6.42. The molecule has 1 N–H and O–H groups in total. The lowest BCUT2D eigenvalue weighted by atomic mass is 10.2. The van der Waals surface area contributed by atoms with Gasteiger partial charge >= 0.3 is 0 Å². The molecule has 6 heteroatoms. The number of nitrogens with zero attached hydrogens (tertiary/aromatic N) is 2. The Morgan fingerprint density at radius 2 is 2.21 bits per heavy atom. The highest BCUT2D eigenvalue weighted by Gasteiger charge is 2.06. The number of amides is 1. The number of ether oxygens (including phenoxy) is 2. The molecule has 0 spiro atoms. The molecule has 0 bridgehead atoms. The summed E-state index contributed by atoms with van der Waals surface area (Å²) < 4.78 is 12.9. The summed E-state index contributed by atoms with van der Waals surface area (Å²) in [6, 6.07) is 5.57. The van der Waals surface area contributed by atoms with Gasteiger partial charge in [-0.1, -0.05) is 6.07 Å². The second kappa shape index (κ2) is 8.76. The average molecular weight is 329 g/mol. The van der Waals surface area contributed by atoms with Crippen LogP contribution >= 0.6 is 0 Å². The number of aromatic nitrogens is 2. The maximum absolute atomic E-state index is 11.8. The summed E-state index contributed by atoms with van der Waals surface area (Å²) in [6.07, 6.45) is 8.60. The van der Waals surface area contributed by atoms with Crippen LogP contribution in [0.2, 0.25) is 0 Å². The first-order valence-corrected chi connectivity index (χ1v) is 7.85. The molecular weight excluding hydrogens is 306 g/mol. The Hall–Kier alpha value is -2.76. The molecule has 1 amide bonds. The molecule has 0 radical (unpaired) electrons. The van der Waals surface area contributed by atoms with E-state index in [-0.39, 0.29) is 12.0 Å². The number of imidazole rings is 1. The van der Waals surface area contributed by atoms with Crippen molar-refractivity contribution < 1.29 is 14.3 Å². The Morgan fingerprint density at radius 1 is 1.38 bits per heavy atom. The number of carbonyl (C=O) groups excluding carboxylic acids is 1. The Balaban J connectivity index is 1.89. The second-order valence-corrected chi connectivity index (χ2v) is 5.50. The molecular formula is C18H23N3O3. The molecule has 1 aromatic carbocycles. The minimum atomic E-state index is -0.142. The van der Waals surface area contributed by atoms with Gasteiger partial charge in [-0.15, -0.1) is 0 Å². The predicted octanol–water partition coefficient (Wildman–Crippen LogP) is 2.51. The normalized spacial score (nSPS) is 11.0. The number of methoxy groups -OCH3 is 1. The minimum absolute atomic E-state index is 0.0709. The first-order valence-electron chi connectivity index (χ1n) is 7.85. The number of hydrogen-bond acceptors (Lipinski definition) is 4. The molecule has 2 rings (SSSR count). The molecule has 0 aliphatic carbocycles. The van der Waals surface area contributed by atoms with Crippen molar-refractivity contribution in [3.8, 4) is 11.5 Å². The molecule has 2 aromatic rings. The van der Waals surface area contributed by atoms with E-state index in [1.165, 1.54) is 6.08 Å². The van der Waals surface area contributed by atoms with E-state index in [1.54, 1.807) is 25.7 Å². The van der Waals surface area contributed by atoms with E-state index < -0.39 is 0 Å². The molecule has 0 unspecified atom stereocenters. The maximum atomic E-state index is 11.8. The van der Waals surface area contributed by atoms with Crippen molar-refractivity contribution in [2.45, 2.75) is 26.5 Å². The second-order valence-electron chi connectivity index (χ2n) is 5.50. The van der Waals surface area contributed by atoms with Crippen molar-refractivity contribution in [2.24, 2.45) is 0 Å². The van der Waals surface area contributed by atoms with Gasteiger partial charge in [0.25, 0.3) is 0 Å². The van der Waals surface area contributed by atoms with Crippen LogP contribution in [0.25, 0.3) is 6.08 Å². The van der Waals surface area contributed by atoms with Crippen molar-refractivity contribution in [3.63, 3.8) is 0 Å². The van der Waals surface area contributed by atoms with Gasteiger partial charge in [0, 0.05) is 31.6 Å². The fraction of sp³-hybridized carbons (Fsp3) is 0.333. The Morgan fingerprint density at radius 3 is 2.88 bits per heavy atom. The standard InChI is InChI=1S/C18H23N3O3/c1-14(2)24-16-6-4-15(12-17(16)23-3)5-7-18(22)20-9-11-21-10-8-19-13-21/h4-8,10,12-14H,9,11H2,1-3H3,(H,20,22)/b7-5+. The van der Waals surface area contributed by atoms with Gasteiger partial charge in [-0.05, 0) is 37.6 Å². The van der Waals surface area contributed by atoms with Crippen LogP contribution in [0.5, 0.6) is 11.5 Å². The summed E-state index contributed by atoms with van der Waals surface area (Å²) in [5.41, 5.74) is 0.868. The van der Waals surface area contributed by atoms with Crippen molar-refractivity contribution in [1.82, 2.24) is 14.9 Å². The fourth-order valence-corrected chi connectivity index (χ4v) is 2.10.